The number of nitrogens with two attached hydrogens (primary N) is 1. The molecule has 0 unspecified atom stereocenters. The van der Waals surface area contributed by atoms with Crippen molar-refractivity contribution in [2.75, 3.05) is 13.9 Å². The summed E-state index contributed by atoms with van der Waals surface area (Å²) in [4.78, 5) is 11.9. The third-order valence-electron chi connectivity index (χ3n) is 4.10. The van der Waals surface area contributed by atoms with Crippen LogP contribution in [0.1, 0.15) is 17.2 Å². The fourth-order valence-corrected chi connectivity index (χ4v) is 3.08. The predicted molar refractivity (Wildman–Crippen MR) is 97.9 cm³/mol. The summed E-state index contributed by atoms with van der Waals surface area (Å²) in [5, 5.41) is 0. The van der Waals surface area contributed by atoms with E-state index in [4.69, 9.17) is 19.9 Å². The molecule has 31 heavy (non-hydrogen) atoms. The van der Waals surface area contributed by atoms with Crippen LogP contribution in [0.2, 0.25) is 0 Å². The number of methoxy groups -OCH3 is 1. The Morgan fingerprint density at radius 2 is 1.84 bits per heavy atom. The van der Waals surface area contributed by atoms with Crippen molar-refractivity contribution in [1.82, 2.24) is 0 Å². The summed E-state index contributed by atoms with van der Waals surface area (Å²) in [5.41, 5.74) is 0.687. The van der Waals surface area contributed by atoms with Gasteiger partial charge in [0.2, 0.25) is 18.3 Å². The van der Waals surface area contributed by atoms with Gasteiger partial charge in [-0.25, -0.2) is 0 Å². The fourth-order valence-electron chi connectivity index (χ4n) is 2.61. The fraction of sp³-hybridized carbons (Fsp3) is 0.278. The van der Waals surface area contributed by atoms with Crippen LogP contribution in [-0.2, 0) is 26.3 Å². The minimum absolute atomic E-state index is 0.0563. The van der Waals surface area contributed by atoms with Crippen molar-refractivity contribution in [3.63, 3.8) is 0 Å². The van der Waals surface area contributed by atoms with E-state index in [1.54, 1.807) is 30.3 Å². The number of fused-ring (bicyclic) bond motifs is 1. The first-order chi connectivity index (χ1) is 14.5. The normalized spacial score (nSPS) is 14.1. The number of carbonyl (C=O) groups is 1. The monoisotopic (exact) mass is 463 g/mol. The first-order valence-corrected chi connectivity index (χ1v) is 9.93. The lowest BCUT2D eigenvalue weighted by Crippen LogP contribution is -2.28. The molecule has 0 amide bonds. The molecule has 1 atom stereocenters. The average Bonchev–Trinajstić information content (AvgIpc) is 3.21. The lowest BCUT2D eigenvalue weighted by atomic mass is 10.0. The van der Waals surface area contributed by atoms with Crippen molar-refractivity contribution in [3.05, 3.63) is 47.5 Å². The van der Waals surface area contributed by atoms with E-state index in [0.29, 0.717) is 5.56 Å². The Morgan fingerprint density at radius 1 is 1.19 bits per heavy atom. The molecule has 0 aliphatic carbocycles. The summed E-state index contributed by atoms with van der Waals surface area (Å²) in [6, 6.07) is 8.08. The van der Waals surface area contributed by atoms with Gasteiger partial charge < -0.3 is 28.9 Å². The molecule has 0 fully saturated rings. The highest BCUT2D eigenvalue weighted by Crippen LogP contribution is 2.52. The van der Waals surface area contributed by atoms with Crippen LogP contribution in [-0.4, -0.2) is 33.8 Å². The van der Waals surface area contributed by atoms with Crippen LogP contribution in [0.3, 0.4) is 0 Å². The topological polar surface area (TPSA) is 123 Å². The number of hydrogen-bond donors (Lipinski definition) is 1. The lowest BCUT2D eigenvalue weighted by Gasteiger charge is -2.19. The van der Waals surface area contributed by atoms with Crippen LogP contribution in [0.15, 0.2) is 36.4 Å². The van der Waals surface area contributed by atoms with Crippen molar-refractivity contribution >= 4 is 16.1 Å². The van der Waals surface area contributed by atoms with Gasteiger partial charge in [-0.3, -0.25) is 4.79 Å². The Labute approximate surface area is 174 Å². The van der Waals surface area contributed by atoms with E-state index in [0.717, 1.165) is 13.2 Å². The molecule has 2 N–H and O–H groups in total. The number of benzene rings is 2. The third-order valence-corrected chi connectivity index (χ3v) is 5.05. The number of rotatable bonds is 7. The molecule has 2 aromatic rings. The Kier molecular flexibility index (Phi) is 6.18. The molecule has 9 nitrogen and oxygen atoms in total. The van der Waals surface area contributed by atoms with E-state index < -0.39 is 51.7 Å². The summed E-state index contributed by atoms with van der Waals surface area (Å²) in [5.74, 6) is -3.01. The molecule has 3 rings (SSSR count). The van der Waals surface area contributed by atoms with Crippen molar-refractivity contribution in [3.8, 4) is 23.0 Å². The lowest BCUT2D eigenvalue weighted by molar-refractivity contribution is -0.142. The van der Waals surface area contributed by atoms with E-state index >= 15 is 0 Å². The van der Waals surface area contributed by atoms with Gasteiger partial charge in [0.1, 0.15) is 12.6 Å². The van der Waals surface area contributed by atoms with Gasteiger partial charge in [0.05, 0.1) is 7.11 Å². The number of carbonyl (C=O) groups excluding carboxylic acids is 1. The second-order valence-corrected chi connectivity index (χ2v) is 7.65. The van der Waals surface area contributed by atoms with Crippen molar-refractivity contribution in [2.45, 2.75) is 18.2 Å². The van der Waals surface area contributed by atoms with Crippen LogP contribution in [0, 0.1) is 0 Å². The quantitative estimate of drug-likeness (QED) is 0.374. The molecule has 168 valence electrons. The summed E-state index contributed by atoms with van der Waals surface area (Å²) in [7, 11) is -4.99. The zero-order valence-corrected chi connectivity index (χ0v) is 16.7. The Hall–Kier alpha value is -3.19. The van der Waals surface area contributed by atoms with Gasteiger partial charge in [-0.15, -0.1) is 0 Å². The molecule has 0 aromatic heterocycles. The van der Waals surface area contributed by atoms with Gasteiger partial charge in [0.15, 0.2) is 11.5 Å². The van der Waals surface area contributed by atoms with Gasteiger partial charge in [0, 0.05) is 5.56 Å². The smallest absolute Gasteiger partial charge is 0.485 e. The summed E-state index contributed by atoms with van der Waals surface area (Å²) >= 11 is 0. The standard InChI is InChI=1S/C18H16F3NO8S/c1-26-17(23)13(22)11-7-12(27-8-10-5-3-2-4-6-10)15(16-14(11)28-9-29-16)30-31(24,25)18(19,20)21/h2-7,13H,8-9,22H2,1H3/t13-/m0/s1. The van der Waals surface area contributed by atoms with Crippen LogP contribution < -0.4 is 24.1 Å². The third kappa shape index (κ3) is 4.61. The zero-order valence-electron chi connectivity index (χ0n) is 15.8. The van der Waals surface area contributed by atoms with Crippen LogP contribution >= 0.6 is 0 Å². The molecule has 0 saturated heterocycles. The Morgan fingerprint density at radius 3 is 2.45 bits per heavy atom. The minimum atomic E-state index is -6.07. The molecule has 2 aromatic carbocycles. The van der Waals surface area contributed by atoms with Crippen LogP contribution in [0.4, 0.5) is 13.2 Å². The molecular weight excluding hydrogens is 447 g/mol. The molecule has 0 bridgehead atoms. The largest absolute Gasteiger partial charge is 0.534 e. The molecule has 1 aliphatic heterocycles. The van der Waals surface area contributed by atoms with Crippen LogP contribution in [0.25, 0.3) is 0 Å². The molecule has 0 spiro atoms. The second-order valence-electron chi connectivity index (χ2n) is 6.12. The van der Waals surface area contributed by atoms with Gasteiger partial charge in [0.25, 0.3) is 0 Å². The number of ether oxygens (including phenoxy) is 4. The molecule has 0 radical (unpaired) electrons. The van der Waals surface area contributed by atoms with Crippen molar-refractivity contribution in [1.29, 1.82) is 0 Å². The maximum absolute atomic E-state index is 12.9. The maximum atomic E-state index is 12.9. The Bertz CT molecular complexity index is 1070. The maximum Gasteiger partial charge on any atom is 0.534 e. The van der Waals surface area contributed by atoms with Gasteiger partial charge >= 0.3 is 21.6 Å². The zero-order chi connectivity index (χ0) is 22.8. The predicted octanol–water partition coefficient (Wildman–Crippen LogP) is 2.40. The summed E-state index contributed by atoms with van der Waals surface area (Å²) in [6.07, 6.45) is 0. The Balaban J connectivity index is 2.11. The SMILES string of the molecule is COC(=O)[C@@H](N)c1cc(OCc2ccccc2)c(OS(=O)(=O)C(F)(F)F)c2c1OCO2. The number of hydrogen-bond acceptors (Lipinski definition) is 9. The minimum Gasteiger partial charge on any atom is -0.485 e. The van der Waals surface area contributed by atoms with E-state index in [9.17, 15) is 26.4 Å². The van der Waals surface area contributed by atoms with E-state index in [-0.39, 0.29) is 17.9 Å². The van der Waals surface area contributed by atoms with E-state index in [1.165, 1.54) is 0 Å². The molecular formula is C18H16F3NO8S. The summed E-state index contributed by atoms with van der Waals surface area (Å²) < 4.78 is 86.7. The molecule has 13 heteroatoms. The first kappa shape index (κ1) is 22.5. The van der Waals surface area contributed by atoms with Crippen LogP contribution in [0.5, 0.6) is 23.0 Å². The molecule has 1 aliphatic rings. The first-order valence-electron chi connectivity index (χ1n) is 8.52. The average molecular weight is 463 g/mol. The number of alkyl halides is 3. The number of esters is 1. The summed E-state index contributed by atoms with van der Waals surface area (Å²) in [6.45, 7) is -0.656. The van der Waals surface area contributed by atoms with Gasteiger partial charge in [-0.2, -0.15) is 21.6 Å². The molecule has 1 heterocycles. The number of halogens is 3. The van der Waals surface area contributed by atoms with E-state index in [2.05, 4.69) is 8.92 Å². The van der Waals surface area contributed by atoms with Crippen molar-refractivity contribution < 1.29 is 49.5 Å². The second kappa shape index (κ2) is 8.51. The highest BCUT2D eigenvalue weighted by atomic mass is 32.2. The van der Waals surface area contributed by atoms with Gasteiger partial charge in [-0.05, 0) is 11.6 Å². The highest BCUT2D eigenvalue weighted by Gasteiger charge is 2.50. The van der Waals surface area contributed by atoms with Crippen molar-refractivity contribution in [2.24, 2.45) is 5.73 Å². The molecule has 0 saturated carbocycles. The highest BCUT2D eigenvalue weighted by molar-refractivity contribution is 7.88. The van der Waals surface area contributed by atoms with E-state index in [1.807, 2.05) is 0 Å². The van der Waals surface area contributed by atoms with Gasteiger partial charge in [-0.1, -0.05) is 30.3 Å².